The molecule has 1 rings (SSSR count). The molecule has 1 aliphatic heterocycles. The van der Waals surface area contributed by atoms with Crippen LogP contribution in [0.4, 0.5) is 0 Å². The molecule has 1 heterocycles. The summed E-state index contributed by atoms with van der Waals surface area (Å²) in [5.74, 6) is -0.200. The lowest BCUT2D eigenvalue weighted by Gasteiger charge is -2.40. The van der Waals surface area contributed by atoms with E-state index in [0.29, 0.717) is 6.42 Å². The number of unbranched alkanes of at least 4 members (excludes halogenated alkanes) is 14. The molecule has 0 aromatic carbocycles. The molecule has 49 heavy (non-hydrogen) atoms. The van der Waals surface area contributed by atoms with Crippen LogP contribution in [0.2, 0.25) is 0 Å². The van der Waals surface area contributed by atoms with E-state index in [4.69, 9.17) is 9.47 Å². The van der Waals surface area contributed by atoms with Crippen molar-refractivity contribution in [3.63, 3.8) is 0 Å². The van der Waals surface area contributed by atoms with Crippen molar-refractivity contribution in [1.82, 2.24) is 5.32 Å². The number of rotatable bonds is 30. The molecule has 0 radical (unpaired) electrons. The number of aliphatic hydroxyl groups excluding tert-OH is 5. The summed E-state index contributed by atoms with van der Waals surface area (Å²) in [6.45, 7) is 3.61. The number of nitrogens with one attached hydrogen (secondary N) is 1. The molecule has 7 unspecified atom stereocenters. The molecular formula is C40H71NO8. The number of hydrogen-bond acceptors (Lipinski definition) is 8. The summed E-state index contributed by atoms with van der Waals surface area (Å²) in [6, 6.07) is -0.808. The molecule has 1 aliphatic rings. The fourth-order valence-corrected chi connectivity index (χ4v) is 5.69. The van der Waals surface area contributed by atoms with Crippen LogP contribution in [0.5, 0.6) is 0 Å². The Balaban J connectivity index is 2.28. The second kappa shape index (κ2) is 30.9. The molecule has 0 aliphatic carbocycles. The molecule has 9 heteroatoms. The van der Waals surface area contributed by atoms with Crippen molar-refractivity contribution in [3.05, 3.63) is 48.6 Å². The molecule has 0 aromatic heterocycles. The Morgan fingerprint density at radius 2 is 1.20 bits per heavy atom. The molecule has 1 fully saturated rings. The number of ether oxygens (including phenoxy) is 2. The number of carbonyl (C=O) groups excluding carboxylic acids is 1. The van der Waals surface area contributed by atoms with Gasteiger partial charge in [-0.15, -0.1) is 0 Å². The van der Waals surface area contributed by atoms with E-state index in [-0.39, 0.29) is 12.5 Å². The average molecular weight is 694 g/mol. The maximum atomic E-state index is 12.8. The standard InChI is InChI=1S/C40H71NO8/c1-3-5-7-9-10-11-12-13-14-15-16-17-18-19-20-21-22-23-24-26-28-30-36(44)41-33(34(43)29-27-25-8-6-4-2)32-48-40-39(47)38(46)37(45)35(31-42)49-40/h12-13,15-16,18-19,27,29,33-35,37-40,42-43,45-47H,3-11,14,17,20-26,28,30-32H2,1-2H3,(H,41,44)/b13-12-,16-15-,19-18-,29-27+. The van der Waals surface area contributed by atoms with Crippen LogP contribution in [0.25, 0.3) is 0 Å². The van der Waals surface area contributed by atoms with E-state index in [1.165, 1.54) is 51.4 Å². The average Bonchev–Trinajstić information content (AvgIpc) is 3.10. The molecular weight excluding hydrogens is 622 g/mol. The van der Waals surface area contributed by atoms with Gasteiger partial charge in [-0.05, 0) is 57.8 Å². The first-order valence-corrected chi connectivity index (χ1v) is 19.4. The Morgan fingerprint density at radius 1 is 0.694 bits per heavy atom. The smallest absolute Gasteiger partial charge is 0.220 e. The highest BCUT2D eigenvalue weighted by Crippen LogP contribution is 2.22. The highest BCUT2D eigenvalue weighted by molar-refractivity contribution is 5.76. The first kappa shape index (κ1) is 45.2. The van der Waals surface area contributed by atoms with E-state index in [9.17, 15) is 30.3 Å². The van der Waals surface area contributed by atoms with Crippen LogP contribution >= 0.6 is 0 Å². The Morgan fingerprint density at radius 3 is 1.82 bits per heavy atom. The van der Waals surface area contributed by atoms with Crippen LogP contribution in [0, 0.1) is 0 Å². The third-order valence-corrected chi connectivity index (χ3v) is 8.90. The minimum Gasteiger partial charge on any atom is -0.394 e. The van der Waals surface area contributed by atoms with Crippen molar-refractivity contribution in [3.8, 4) is 0 Å². The van der Waals surface area contributed by atoms with Gasteiger partial charge in [-0.1, -0.05) is 127 Å². The van der Waals surface area contributed by atoms with Crippen LogP contribution < -0.4 is 5.32 Å². The van der Waals surface area contributed by atoms with Crippen LogP contribution in [-0.4, -0.2) is 87.5 Å². The fourth-order valence-electron chi connectivity index (χ4n) is 5.69. The van der Waals surface area contributed by atoms with E-state index in [0.717, 1.165) is 70.6 Å². The highest BCUT2D eigenvalue weighted by Gasteiger charge is 2.44. The summed E-state index contributed by atoms with van der Waals surface area (Å²) in [7, 11) is 0. The number of aliphatic hydroxyl groups is 5. The highest BCUT2D eigenvalue weighted by atomic mass is 16.7. The van der Waals surface area contributed by atoms with E-state index < -0.39 is 49.5 Å². The molecule has 7 atom stereocenters. The molecule has 9 nitrogen and oxygen atoms in total. The Labute approximate surface area is 297 Å². The van der Waals surface area contributed by atoms with Gasteiger partial charge >= 0.3 is 0 Å². The van der Waals surface area contributed by atoms with Gasteiger partial charge < -0.3 is 40.3 Å². The molecule has 284 valence electrons. The van der Waals surface area contributed by atoms with Gasteiger partial charge in [0.2, 0.25) is 5.91 Å². The van der Waals surface area contributed by atoms with Crippen LogP contribution in [0.1, 0.15) is 142 Å². The zero-order valence-electron chi connectivity index (χ0n) is 30.7. The number of amides is 1. The van der Waals surface area contributed by atoms with Crippen molar-refractivity contribution in [2.75, 3.05) is 13.2 Å². The van der Waals surface area contributed by atoms with Gasteiger partial charge in [0, 0.05) is 6.42 Å². The van der Waals surface area contributed by atoms with Crippen LogP contribution in [-0.2, 0) is 14.3 Å². The Bertz CT molecular complexity index is 905. The van der Waals surface area contributed by atoms with Gasteiger partial charge in [-0.25, -0.2) is 0 Å². The fraction of sp³-hybridized carbons (Fsp3) is 0.775. The lowest BCUT2D eigenvalue weighted by Crippen LogP contribution is -2.60. The zero-order chi connectivity index (χ0) is 36.0. The molecule has 0 bridgehead atoms. The van der Waals surface area contributed by atoms with Gasteiger partial charge in [0.05, 0.1) is 25.4 Å². The van der Waals surface area contributed by atoms with Gasteiger partial charge in [0.15, 0.2) is 6.29 Å². The molecule has 6 N–H and O–H groups in total. The normalized spacial score (nSPS) is 23.0. The second-order valence-corrected chi connectivity index (χ2v) is 13.4. The van der Waals surface area contributed by atoms with Crippen molar-refractivity contribution in [2.24, 2.45) is 0 Å². The Hall–Kier alpha value is -1.85. The van der Waals surface area contributed by atoms with Gasteiger partial charge in [-0.3, -0.25) is 4.79 Å². The van der Waals surface area contributed by atoms with Gasteiger partial charge in [0.25, 0.3) is 0 Å². The molecule has 0 spiro atoms. The summed E-state index contributed by atoms with van der Waals surface area (Å²) in [6.07, 6.45) is 30.6. The van der Waals surface area contributed by atoms with Crippen molar-refractivity contribution in [2.45, 2.75) is 185 Å². The second-order valence-electron chi connectivity index (χ2n) is 13.4. The van der Waals surface area contributed by atoms with E-state index in [2.05, 4.69) is 55.6 Å². The molecule has 0 saturated carbocycles. The quantitative estimate of drug-likeness (QED) is 0.0359. The molecule has 1 saturated heterocycles. The summed E-state index contributed by atoms with van der Waals surface area (Å²) in [5.41, 5.74) is 0. The largest absolute Gasteiger partial charge is 0.394 e. The number of allylic oxidation sites excluding steroid dienone is 7. The summed E-state index contributed by atoms with van der Waals surface area (Å²) in [5, 5.41) is 53.5. The predicted octanol–water partition coefficient (Wildman–Crippen LogP) is 6.72. The summed E-state index contributed by atoms with van der Waals surface area (Å²) < 4.78 is 11.1. The lowest BCUT2D eigenvalue weighted by molar-refractivity contribution is -0.302. The summed E-state index contributed by atoms with van der Waals surface area (Å²) >= 11 is 0. The van der Waals surface area contributed by atoms with Crippen LogP contribution in [0.3, 0.4) is 0 Å². The van der Waals surface area contributed by atoms with Crippen molar-refractivity contribution < 1.29 is 39.8 Å². The first-order valence-electron chi connectivity index (χ1n) is 19.4. The van der Waals surface area contributed by atoms with E-state index >= 15 is 0 Å². The minimum atomic E-state index is -1.57. The van der Waals surface area contributed by atoms with Crippen molar-refractivity contribution >= 4 is 5.91 Å². The molecule has 1 amide bonds. The van der Waals surface area contributed by atoms with Gasteiger partial charge in [-0.2, -0.15) is 0 Å². The molecule has 0 aromatic rings. The monoisotopic (exact) mass is 694 g/mol. The number of hydrogen-bond donors (Lipinski definition) is 6. The third-order valence-electron chi connectivity index (χ3n) is 8.90. The first-order chi connectivity index (χ1) is 23.8. The Kier molecular flexibility index (Phi) is 28.5. The third kappa shape index (κ3) is 22.6. The maximum absolute atomic E-state index is 12.8. The lowest BCUT2D eigenvalue weighted by atomic mass is 9.99. The maximum Gasteiger partial charge on any atom is 0.220 e. The SMILES string of the molecule is CCCCC/C=C/C(O)C(COC1OC(CO)C(O)C(O)C1O)NC(=O)CCCCCCCC/C=C\C/C=C\C/C=C\CCCCCCC. The topological polar surface area (TPSA) is 149 Å². The van der Waals surface area contributed by atoms with Gasteiger partial charge in [0.1, 0.15) is 24.4 Å². The minimum absolute atomic E-state index is 0.198. The zero-order valence-corrected chi connectivity index (χ0v) is 30.7. The summed E-state index contributed by atoms with van der Waals surface area (Å²) in [4.78, 5) is 12.8. The number of carbonyl (C=O) groups is 1. The predicted molar refractivity (Wildman–Crippen MR) is 198 cm³/mol. The van der Waals surface area contributed by atoms with Crippen molar-refractivity contribution in [1.29, 1.82) is 0 Å². The van der Waals surface area contributed by atoms with E-state index in [1.54, 1.807) is 6.08 Å². The van der Waals surface area contributed by atoms with E-state index in [1.807, 2.05) is 6.08 Å². The van der Waals surface area contributed by atoms with Crippen LogP contribution in [0.15, 0.2) is 48.6 Å².